The number of rotatable bonds is 9. The smallest absolute Gasteiger partial charge is 0.238 e. The van der Waals surface area contributed by atoms with Gasteiger partial charge in [0.25, 0.3) is 0 Å². The normalized spacial score (nSPS) is 17.3. The maximum Gasteiger partial charge on any atom is 0.238 e. The Morgan fingerprint density at radius 3 is 2.39 bits per heavy atom. The van der Waals surface area contributed by atoms with Gasteiger partial charge in [-0.25, -0.2) is 21.8 Å². The van der Waals surface area contributed by atoms with Crippen LogP contribution in [0.5, 0.6) is 0 Å². The van der Waals surface area contributed by atoms with Gasteiger partial charge < -0.3 is 10.2 Å². The van der Waals surface area contributed by atoms with Crippen molar-refractivity contribution >= 4 is 31.6 Å². The summed E-state index contributed by atoms with van der Waals surface area (Å²) in [5.74, 6) is -0.179. The van der Waals surface area contributed by atoms with Gasteiger partial charge in [-0.05, 0) is 25.5 Å². The van der Waals surface area contributed by atoms with Gasteiger partial charge in [0.1, 0.15) is 11.1 Å². The summed E-state index contributed by atoms with van der Waals surface area (Å²) in [6, 6.07) is 5.59. The average Bonchev–Trinajstić information content (AvgIpc) is 2.68. The Balaban J connectivity index is 1.82. The predicted molar refractivity (Wildman–Crippen MR) is 108 cm³/mol. The number of anilines is 1. The van der Waals surface area contributed by atoms with Gasteiger partial charge in [0.2, 0.25) is 15.9 Å². The number of sulfonamides is 1. The summed E-state index contributed by atoms with van der Waals surface area (Å²) >= 11 is 0. The number of carbonyl (C=O) groups excluding carboxylic acids is 1. The second kappa shape index (κ2) is 9.66. The molecule has 1 amide bonds. The first-order valence-corrected chi connectivity index (χ1v) is 12.6. The fourth-order valence-electron chi connectivity index (χ4n) is 2.94. The zero-order valence-corrected chi connectivity index (χ0v) is 17.9. The molecule has 0 aromatic carbocycles. The molecular weight excluding hydrogens is 404 g/mol. The van der Waals surface area contributed by atoms with E-state index in [9.17, 15) is 21.6 Å². The first-order chi connectivity index (χ1) is 13.2. The summed E-state index contributed by atoms with van der Waals surface area (Å²) in [6.07, 6.45) is 2.13. The van der Waals surface area contributed by atoms with Crippen molar-refractivity contribution in [3.8, 4) is 0 Å². The van der Waals surface area contributed by atoms with Crippen LogP contribution in [-0.4, -0.2) is 81.5 Å². The number of aromatic nitrogens is 1. The Labute approximate surface area is 167 Å². The highest BCUT2D eigenvalue weighted by atomic mass is 32.2. The fraction of sp³-hybridized carbons (Fsp3) is 0.647. The molecule has 28 heavy (non-hydrogen) atoms. The van der Waals surface area contributed by atoms with Crippen molar-refractivity contribution in [2.75, 3.05) is 49.1 Å². The van der Waals surface area contributed by atoms with Crippen molar-refractivity contribution in [1.82, 2.24) is 14.6 Å². The highest BCUT2D eigenvalue weighted by Crippen LogP contribution is 2.14. The van der Waals surface area contributed by atoms with E-state index >= 15 is 0 Å². The summed E-state index contributed by atoms with van der Waals surface area (Å²) in [5.41, 5.74) is 0. The van der Waals surface area contributed by atoms with E-state index in [2.05, 4.69) is 10.3 Å². The second-order valence-electron chi connectivity index (χ2n) is 6.69. The molecule has 1 aliphatic rings. The molecule has 0 spiro atoms. The zero-order chi connectivity index (χ0) is 20.8. The first kappa shape index (κ1) is 22.6. The Hall–Kier alpha value is -1.72. The predicted octanol–water partition coefficient (Wildman–Crippen LogP) is -0.137. The number of nitrogens with zero attached hydrogens (tertiary/aromatic N) is 3. The molecule has 1 N–H and O–H groups in total. The van der Waals surface area contributed by atoms with Crippen LogP contribution in [0, 0.1) is 0 Å². The molecule has 1 aliphatic heterocycles. The van der Waals surface area contributed by atoms with Crippen LogP contribution in [0.25, 0.3) is 0 Å². The number of piperazine rings is 1. The van der Waals surface area contributed by atoms with Gasteiger partial charge in [-0.2, -0.15) is 4.31 Å². The minimum absolute atomic E-state index is 0.0690. The molecule has 1 aromatic heterocycles. The van der Waals surface area contributed by atoms with Crippen molar-refractivity contribution in [2.24, 2.45) is 0 Å². The first-order valence-electron chi connectivity index (χ1n) is 9.30. The number of nitrogens with one attached hydrogen (secondary N) is 1. The third-order valence-electron chi connectivity index (χ3n) is 4.66. The minimum Gasteiger partial charge on any atom is -0.354 e. The van der Waals surface area contributed by atoms with Gasteiger partial charge in [-0.15, -0.1) is 0 Å². The van der Waals surface area contributed by atoms with Crippen molar-refractivity contribution < 1.29 is 21.6 Å². The molecule has 1 fully saturated rings. The Bertz CT molecular complexity index is 851. The summed E-state index contributed by atoms with van der Waals surface area (Å²) in [6.45, 7) is 4.69. The Morgan fingerprint density at radius 2 is 1.82 bits per heavy atom. The van der Waals surface area contributed by atoms with Crippen LogP contribution in [0.4, 0.5) is 5.82 Å². The monoisotopic (exact) mass is 432 g/mol. The molecule has 0 saturated carbocycles. The topological polar surface area (TPSA) is 117 Å². The van der Waals surface area contributed by atoms with Crippen LogP contribution in [0.2, 0.25) is 0 Å². The zero-order valence-electron chi connectivity index (χ0n) is 16.2. The molecule has 2 heterocycles. The van der Waals surface area contributed by atoms with Gasteiger partial charge in [-0.1, -0.05) is 13.0 Å². The molecule has 9 nitrogen and oxygen atoms in total. The molecule has 1 aromatic rings. The average molecular weight is 433 g/mol. The number of carbonyl (C=O) groups is 1. The van der Waals surface area contributed by atoms with Crippen LogP contribution in [0.1, 0.15) is 20.3 Å². The van der Waals surface area contributed by atoms with E-state index in [0.717, 1.165) is 5.82 Å². The van der Waals surface area contributed by atoms with Crippen LogP contribution in [0.15, 0.2) is 24.4 Å². The molecule has 0 radical (unpaired) electrons. The SMILES string of the molecule is CCCS(=O)(=O)C(C)C(=O)NCCS(=O)(=O)N1CCN(c2ccccn2)CC1. The number of hydrogen-bond acceptors (Lipinski definition) is 7. The van der Waals surface area contributed by atoms with E-state index in [-0.39, 0.29) is 18.1 Å². The maximum absolute atomic E-state index is 12.5. The lowest BCUT2D eigenvalue weighted by molar-refractivity contribution is -0.120. The third-order valence-corrected chi connectivity index (χ3v) is 8.80. The number of hydrogen-bond donors (Lipinski definition) is 1. The standard InChI is InChI=1S/C17H28N4O5S2/c1-3-13-27(23,24)15(2)17(22)19-8-14-28(25,26)21-11-9-20(10-12-21)16-6-4-5-7-18-16/h4-7,15H,3,8-14H2,1-2H3,(H,19,22). The number of sulfone groups is 1. The van der Waals surface area contributed by atoms with Gasteiger partial charge in [0.05, 0.1) is 11.5 Å². The molecule has 1 atom stereocenters. The maximum atomic E-state index is 12.5. The summed E-state index contributed by atoms with van der Waals surface area (Å²) in [5, 5.41) is 1.25. The lowest BCUT2D eigenvalue weighted by Gasteiger charge is -2.34. The lowest BCUT2D eigenvalue weighted by Crippen LogP contribution is -2.50. The van der Waals surface area contributed by atoms with E-state index < -0.39 is 31.0 Å². The molecule has 2 rings (SSSR count). The second-order valence-corrected chi connectivity index (χ2v) is 11.2. The molecule has 11 heteroatoms. The lowest BCUT2D eigenvalue weighted by atomic mass is 10.3. The highest BCUT2D eigenvalue weighted by Gasteiger charge is 2.29. The van der Waals surface area contributed by atoms with Crippen molar-refractivity contribution in [1.29, 1.82) is 0 Å². The fourth-order valence-corrected chi connectivity index (χ4v) is 5.61. The van der Waals surface area contributed by atoms with Crippen molar-refractivity contribution in [2.45, 2.75) is 25.5 Å². The molecule has 0 aliphatic carbocycles. The molecular formula is C17H28N4O5S2. The summed E-state index contributed by atoms with van der Waals surface area (Å²) in [7, 11) is -7.05. The van der Waals surface area contributed by atoms with Crippen LogP contribution in [0.3, 0.4) is 0 Å². The molecule has 158 valence electrons. The van der Waals surface area contributed by atoms with E-state index in [1.807, 2.05) is 23.1 Å². The number of amides is 1. The third kappa shape index (κ3) is 5.89. The largest absolute Gasteiger partial charge is 0.354 e. The van der Waals surface area contributed by atoms with Gasteiger partial charge in [-0.3, -0.25) is 4.79 Å². The van der Waals surface area contributed by atoms with E-state index in [1.54, 1.807) is 13.1 Å². The van der Waals surface area contributed by atoms with Gasteiger partial charge in [0.15, 0.2) is 9.84 Å². The van der Waals surface area contributed by atoms with E-state index in [1.165, 1.54) is 11.2 Å². The molecule has 0 bridgehead atoms. The quantitative estimate of drug-likeness (QED) is 0.577. The van der Waals surface area contributed by atoms with Crippen LogP contribution in [-0.2, 0) is 24.7 Å². The van der Waals surface area contributed by atoms with Crippen LogP contribution < -0.4 is 10.2 Å². The highest BCUT2D eigenvalue weighted by molar-refractivity contribution is 7.92. The van der Waals surface area contributed by atoms with Crippen molar-refractivity contribution in [3.05, 3.63) is 24.4 Å². The minimum atomic E-state index is -3.53. The van der Waals surface area contributed by atoms with Gasteiger partial charge >= 0.3 is 0 Å². The number of pyridine rings is 1. The molecule has 1 unspecified atom stereocenters. The van der Waals surface area contributed by atoms with Crippen LogP contribution >= 0.6 is 0 Å². The van der Waals surface area contributed by atoms with Gasteiger partial charge in [0, 0.05) is 38.9 Å². The van der Waals surface area contributed by atoms with E-state index in [0.29, 0.717) is 32.6 Å². The molecule has 1 saturated heterocycles. The Morgan fingerprint density at radius 1 is 1.14 bits per heavy atom. The Kier molecular flexibility index (Phi) is 7.79. The summed E-state index contributed by atoms with van der Waals surface area (Å²) in [4.78, 5) is 18.3. The summed E-state index contributed by atoms with van der Waals surface area (Å²) < 4.78 is 50.3. The van der Waals surface area contributed by atoms with E-state index in [4.69, 9.17) is 0 Å². The van der Waals surface area contributed by atoms with Crippen molar-refractivity contribution in [3.63, 3.8) is 0 Å².